The van der Waals surface area contributed by atoms with Crippen LogP contribution in [-0.4, -0.2) is 60.6 Å². The van der Waals surface area contributed by atoms with E-state index in [0.29, 0.717) is 25.2 Å². The molecule has 22 heavy (non-hydrogen) atoms. The molecular formula is C18H24N2O2. The number of benzene rings is 1. The highest BCUT2D eigenvalue weighted by atomic mass is 16.5. The van der Waals surface area contributed by atoms with Crippen molar-refractivity contribution in [3.63, 3.8) is 0 Å². The van der Waals surface area contributed by atoms with Crippen LogP contribution in [0.4, 0.5) is 0 Å². The summed E-state index contributed by atoms with van der Waals surface area (Å²) in [5.41, 5.74) is 2.94. The van der Waals surface area contributed by atoms with Crippen LogP contribution in [0.1, 0.15) is 24.0 Å². The van der Waals surface area contributed by atoms with Crippen LogP contribution in [0.25, 0.3) is 0 Å². The van der Waals surface area contributed by atoms with Crippen LogP contribution >= 0.6 is 0 Å². The van der Waals surface area contributed by atoms with Gasteiger partial charge >= 0.3 is 0 Å². The van der Waals surface area contributed by atoms with Crippen LogP contribution in [0, 0.1) is 0 Å². The molecule has 2 fully saturated rings. The van der Waals surface area contributed by atoms with Gasteiger partial charge in [0.15, 0.2) is 0 Å². The molecule has 3 aliphatic rings. The molecule has 1 aliphatic carbocycles. The summed E-state index contributed by atoms with van der Waals surface area (Å²) < 4.78 is 5.37. The number of carbonyl (C=O) groups excluding carboxylic acids is 1. The number of carbonyl (C=O) groups is 1. The molecule has 0 N–H and O–H groups in total. The highest BCUT2D eigenvalue weighted by Crippen LogP contribution is 2.31. The van der Waals surface area contributed by atoms with E-state index in [4.69, 9.17) is 4.74 Å². The second-order valence-electron chi connectivity index (χ2n) is 6.66. The maximum Gasteiger partial charge on any atom is 0.240 e. The van der Waals surface area contributed by atoms with Crippen molar-refractivity contribution in [2.24, 2.45) is 0 Å². The van der Waals surface area contributed by atoms with Crippen molar-refractivity contribution >= 4 is 5.91 Å². The van der Waals surface area contributed by atoms with E-state index in [-0.39, 0.29) is 6.04 Å². The topological polar surface area (TPSA) is 32.8 Å². The number of likely N-dealkylation sites (tertiary alicyclic amines) is 1. The van der Waals surface area contributed by atoms with E-state index in [9.17, 15) is 4.79 Å². The molecule has 118 valence electrons. The molecule has 0 saturated carbocycles. The number of hydrogen-bond donors (Lipinski definition) is 0. The number of morpholine rings is 1. The first-order valence-corrected chi connectivity index (χ1v) is 8.52. The van der Waals surface area contributed by atoms with E-state index in [1.807, 2.05) is 4.90 Å². The lowest BCUT2D eigenvalue weighted by atomic mass is 10.1. The van der Waals surface area contributed by atoms with Crippen LogP contribution < -0.4 is 0 Å². The molecular weight excluding hydrogens is 276 g/mol. The number of nitrogens with zero attached hydrogens (tertiary/aromatic N) is 2. The fraction of sp³-hybridized carbons (Fsp3) is 0.611. The molecule has 1 amide bonds. The van der Waals surface area contributed by atoms with Crippen molar-refractivity contribution in [1.29, 1.82) is 0 Å². The first-order valence-electron chi connectivity index (χ1n) is 8.52. The number of hydrogen-bond acceptors (Lipinski definition) is 3. The Morgan fingerprint density at radius 3 is 2.41 bits per heavy atom. The third kappa shape index (κ3) is 2.55. The number of ether oxygens (including phenoxy) is 1. The van der Waals surface area contributed by atoms with Crippen LogP contribution in [0.3, 0.4) is 0 Å². The summed E-state index contributed by atoms with van der Waals surface area (Å²) in [4.78, 5) is 17.4. The Kier molecular flexibility index (Phi) is 3.89. The van der Waals surface area contributed by atoms with Crippen molar-refractivity contribution in [3.8, 4) is 0 Å². The van der Waals surface area contributed by atoms with E-state index >= 15 is 0 Å². The molecule has 4 rings (SSSR count). The van der Waals surface area contributed by atoms with Gasteiger partial charge in [-0.1, -0.05) is 24.3 Å². The number of fused-ring (bicyclic) bond motifs is 1. The van der Waals surface area contributed by atoms with Gasteiger partial charge in [-0.2, -0.15) is 0 Å². The normalized spacial score (nSPS) is 26.4. The Hall–Kier alpha value is -1.39. The van der Waals surface area contributed by atoms with Gasteiger partial charge in [-0.05, 0) is 43.4 Å². The first kappa shape index (κ1) is 14.2. The zero-order valence-corrected chi connectivity index (χ0v) is 13.0. The molecule has 0 radical (unpaired) electrons. The molecule has 4 nitrogen and oxygen atoms in total. The van der Waals surface area contributed by atoms with E-state index in [0.717, 1.165) is 45.3 Å². The van der Waals surface area contributed by atoms with Gasteiger partial charge in [-0.25, -0.2) is 0 Å². The standard InChI is InChI=1S/C18H24N2O2/c21-18(19-8-10-22-11-9-19)17-6-3-7-20(17)16-12-14-4-1-2-5-15(14)13-16/h1-2,4-5,16-17H,3,6-13H2. The van der Waals surface area contributed by atoms with Crippen LogP contribution in [0.2, 0.25) is 0 Å². The number of rotatable bonds is 2. The average molecular weight is 300 g/mol. The second-order valence-corrected chi connectivity index (χ2v) is 6.66. The molecule has 1 atom stereocenters. The molecule has 2 saturated heterocycles. The Morgan fingerprint density at radius 1 is 1.05 bits per heavy atom. The lowest BCUT2D eigenvalue weighted by Crippen LogP contribution is -2.52. The predicted molar refractivity (Wildman–Crippen MR) is 84.8 cm³/mol. The molecule has 4 heteroatoms. The summed E-state index contributed by atoms with van der Waals surface area (Å²) in [6.45, 7) is 3.96. The van der Waals surface area contributed by atoms with Crippen molar-refractivity contribution in [2.75, 3.05) is 32.8 Å². The lowest BCUT2D eigenvalue weighted by molar-refractivity contribution is -0.140. The Balaban J connectivity index is 1.47. The Bertz CT molecular complexity index is 529. The second kappa shape index (κ2) is 6.01. The predicted octanol–water partition coefficient (Wildman–Crippen LogP) is 1.48. The summed E-state index contributed by atoms with van der Waals surface area (Å²) >= 11 is 0. The zero-order chi connectivity index (χ0) is 14.9. The molecule has 2 aliphatic heterocycles. The van der Waals surface area contributed by atoms with Crippen LogP contribution in [0.5, 0.6) is 0 Å². The maximum atomic E-state index is 12.9. The van der Waals surface area contributed by atoms with Gasteiger partial charge in [0.2, 0.25) is 5.91 Å². The molecule has 0 spiro atoms. The SMILES string of the molecule is O=C(C1CCCN1C1Cc2ccccc2C1)N1CCOCC1. The number of amides is 1. The third-order valence-corrected chi connectivity index (χ3v) is 5.40. The van der Waals surface area contributed by atoms with Gasteiger partial charge in [0.05, 0.1) is 19.3 Å². The van der Waals surface area contributed by atoms with Crippen LogP contribution in [-0.2, 0) is 22.4 Å². The van der Waals surface area contributed by atoms with Crippen molar-refractivity contribution in [3.05, 3.63) is 35.4 Å². The molecule has 1 unspecified atom stereocenters. The summed E-state index contributed by atoms with van der Waals surface area (Å²) in [7, 11) is 0. The maximum absolute atomic E-state index is 12.9. The quantitative estimate of drug-likeness (QED) is 0.829. The van der Waals surface area contributed by atoms with Crippen molar-refractivity contribution in [2.45, 2.75) is 37.8 Å². The van der Waals surface area contributed by atoms with Crippen LogP contribution in [0.15, 0.2) is 24.3 Å². The van der Waals surface area contributed by atoms with Gasteiger partial charge < -0.3 is 9.64 Å². The van der Waals surface area contributed by atoms with Gasteiger partial charge in [0.25, 0.3) is 0 Å². The van der Waals surface area contributed by atoms with Gasteiger partial charge in [0, 0.05) is 19.1 Å². The molecule has 2 heterocycles. The highest BCUT2D eigenvalue weighted by molar-refractivity contribution is 5.82. The highest BCUT2D eigenvalue weighted by Gasteiger charge is 2.39. The Labute approximate surface area is 132 Å². The summed E-state index contributed by atoms with van der Waals surface area (Å²) in [5, 5.41) is 0. The monoisotopic (exact) mass is 300 g/mol. The Morgan fingerprint density at radius 2 is 1.73 bits per heavy atom. The van der Waals surface area contributed by atoms with Gasteiger partial charge in [-0.3, -0.25) is 9.69 Å². The first-order chi connectivity index (χ1) is 10.8. The molecule has 0 aromatic heterocycles. The van der Waals surface area contributed by atoms with Gasteiger partial charge in [0.1, 0.15) is 0 Å². The molecule has 1 aromatic carbocycles. The van der Waals surface area contributed by atoms with Crippen molar-refractivity contribution in [1.82, 2.24) is 9.80 Å². The van der Waals surface area contributed by atoms with Crippen molar-refractivity contribution < 1.29 is 9.53 Å². The minimum Gasteiger partial charge on any atom is -0.378 e. The lowest BCUT2D eigenvalue weighted by Gasteiger charge is -2.35. The van der Waals surface area contributed by atoms with E-state index in [1.165, 1.54) is 11.1 Å². The fourth-order valence-corrected chi connectivity index (χ4v) is 4.26. The zero-order valence-electron chi connectivity index (χ0n) is 13.0. The minimum atomic E-state index is 0.0948. The van der Waals surface area contributed by atoms with E-state index in [1.54, 1.807) is 0 Å². The average Bonchev–Trinajstić information content (AvgIpc) is 3.21. The largest absolute Gasteiger partial charge is 0.378 e. The minimum absolute atomic E-state index is 0.0948. The van der Waals surface area contributed by atoms with E-state index in [2.05, 4.69) is 29.2 Å². The smallest absolute Gasteiger partial charge is 0.240 e. The molecule has 1 aromatic rings. The summed E-state index contributed by atoms with van der Waals surface area (Å²) in [6.07, 6.45) is 4.36. The summed E-state index contributed by atoms with van der Waals surface area (Å²) in [6, 6.07) is 9.34. The van der Waals surface area contributed by atoms with Gasteiger partial charge in [-0.15, -0.1) is 0 Å². The third-order valence-electron chi connectivity index (χ3n) is 5.40. The summed E-state index contributed by atoms with van der Waals surface area (Å²) in [5.74, 6) is 0.330. The fourth-order valence-electron chi connectivity index (χ4n) is 4.26. The van der Waals surface area contributed by atoms with E-state index < -0.39 is 0 Å². The molecule has 0 bridgehead atoms.